The molecule has 0 saturated carbocycles. The van der Waals surface area contributed by atoms with E-state index in [-0.39, 0.29) is 0 Å². The summed E-state index contributed by atoms with van der Waals surface area (Å²) < 4.78 is 0. The summed E-state index contributed by atoms with van der Waals surface area (Å²) in [7, 11) is 0. The van der Waals surface area contributed by atoms with Gasteiger partial charge in [0.2, 0.25) is 0 Å². The van der Waals surface area contributed by atoms with Crippen LogP contribution in [0.15, 0.2) is 36.5 Å². The van der Waals surface area contributed by atoms with Crippen LogP contribution in [0.25, 0.3) is 0 Å². The summed E-state index contributed by atoms with van der Waals surface area (Å²) in [5, 5.41) is 0. The number of rotatable bonds is 2. The predicted molar refractivity (Wildman–Crippen MR) is 62.1 cm³/mol. The van der Waals surface area contributed by atoms with Crippen molar-refractivity contribution in [3.63, 3.8) is 0 Å². The first-order valence-electron chi connectivity index (χ1n) is 5.93. The van der Waals surface area contributed by atoms with E-state index in [0.717, 1.165) is 11.8 Å². The predicted octanol–water partition coefficient (Wildman–Crippen LogP) is 4.26. The van der Waals surface area contributed by atoms with Crippen molar-refractivity contribution in [1.29, 1.82) is 0 Å². The lowest BCUT2D eigenvalue weighted by Gasteiger charge is -2.16. The molecule has 0 amide bonds. The summed E-state index contributed by atoms with van der Waals surface area (Å²) in [6, 6.07) is 0. The molecule has 14 heavy (non-hydrogen) atoms. The average Bonchev–Trinajstić information content (AvgIpc) is 2.29. The van der Waals surface area contributed by atoms with Gasteiger partial charge in [-0.3, -0.25) is 0 Å². The van der Waals surface area contributed by atoms with Gasteiger partial charge in [0.1, 0.15) is 0 Å². The number of hydrogen-bond acceptors (Lipinski definition) is 0. The minimum atomic E-state index is 0.825. The minimum Gasteiger partial charge on any atom is -0.0885 e. The van der Waals surface area contributed by atoms with E-state index in [1.165, 1.54) is 38.5 Å². The SMILES string of the molecule is C1=CC[C@@H](/C=C/[C@H]2CC=CCC2)CC1. The fourth-order valence-corrected chi connectivity index (χ4v) is 2.30. The number of allylic oxidation sites excluding steroid dienone is 6. The summed E-state index contributed by atoms with van der Waals surface area (Å²) in [4.78, 5) is 0. The molecule has 0 heterocycles. The standard InChI is InChI=1S/C14H20/c1-3-7-13(8-4-1)11-12-14-9-5-2-6-10-14/h1-3,5,11-14H,4,6-10H2/b12-11+/t13-,14+. The quantitative estimate of drug-likeness (QED) is 0.568. The zero-order valence-electron chi connectivity index (χ0n) is 8.86. The molecule has 2 atom stereocenters. The highest BCUT2D eigenvalue weighted by molar-refractivity contribution is 5.03. The van der Waals surface area contributed by atoms with E-state index in [1.54, 1.807) is 0 Å². The van der Waals surface area contributed by atoms with Crippen molar-refractivity contribution >= 4 is 0 Å². The van der Waals surface area contributed by atoms with Crippen LogP contribution < -0.4 is 0 Å². The molecule has 2 aliphatic rings. The van der Waals surface area contributed by atoms with Crippen LogP contribution in [0.5, 0.6) is 0 Å². The molecule has 0 bridgehead atoms. The van der Waals surface area contributed by atoms with Crippen LogP contribution in [0.3, 0.4) is 0 Å². The zero-order valence-corrected chi connectivity index (χ0v) is 8.86. The van der Waals surface area contributed by atoms with Crippen LogP contribution in [0.2, 0.25) is 0 Å². The molecule has 0 aromatic heterocycles. The van der Waals surface area contributed by atoms with Gasteiger partial charge >= 0.3 is 0 Å². The molecule has 0 aromatic carbocycles. The molecule has 0 spiro atoms. The molecule has 76 valence electrons. The Bertz CT molecular complexity index is 219. The first-order chi connectivity index (χ1) is 6.95. The Balaban J connectivity index is 1.80. The maximum absolute atomic E-state index is 2.47. The minimum absolute atomic E-state index is 0.825. The monoisotopic (exact) mass is 188 g/mol. The smallest absolute Gasteiger partial charge is 0.0196 e. The third kappa shape index (κ3) is 2.87. The van der Waals surface area contributed by atoms with Gasteiger partial charge in [-0.2, -0.15) is 0 Å². The first kappa shape index (κ1) is 9.76. The normalized spacial score (nSPS) is 32.6. The second kappa shape index (κ2) is 5.19. The highest BCUT2D eigenvalue weighted by atomic mass is 14.1. The lowest BCUT2D eigenvalue weighted by Crippen LogP contribution is -2.02. The molecule has 0 N–H and O–H groups in total. The molecule has 0 unspecified atom stereocenters. The maximum atomic E-state index is 2.47. The van der Waals surface area contributed by atoms with Crippen molar-refractivity contribution in [2.75, 3.05) is 0 Å². The fraction of sp³-hybridized carbons (Fsp3) is 0.571. The summed E-state index contributed by atoms with van der Waals surface area (Å²) in [5.41, 5.74) is 0. The Morgan fingerprint density at radius 1 is 0.714 bits per heavy atom. The molecule has 0 heteroatoms. The maximum Gasteiger partial charge on any atom is -0.0196 e. The van der Waals surface area contributed by atoms with Gasteiger partial charge in [-0.1, -0.05) is 36.5 Å². The van der Waals surface area contributed by atoms with Gasteiger partial charge in [-0.25, -0.2) is 0 Å². The van der Waals surface area contributed by atoms with E-state index in [4.69, 9.17) is 0 Å². The third-order valence-electron chi connectivity index (χ3n) is 3.27. The Morgan fingerprint density at radius 2 is 1.21 bits per heavy atom. The van der Waals surface area contributed by atoms with Crippen molar-refractivity contribution in [3.8, 4) is 0 Å². The summed E-state index contributed by atoms with van der Waals surface area (Å²) in [6.45, 7) is 0. The fourth-order valence-electron chi connectivity index (χ4n) is 2.30. The molecular weight excluding hydrogens is 168 g/mol. The van der Waals surface area contributed by atoms with Crippen molar-refractivity contribution in [3.05, 3.63) is 36.5 Å². The van der Waals surface area contributed by atoms with Crippen LogP contribution in [0, 0.1) is 11.8 Å². The van der Waals surface area contributed by atoms with E-state index in [9.17, 15) is 0 Å². The molecule has 0 aliphatic heterocycles. The van der Waals surface area contributed by atoms with E-state index in [0.29, 0.717) is 0 Å². The van der Waals surface area contributed by atoms with Crippen LogP contribution in [0.4, 0.5) is 0 Å². The van der Waals surface area contributed by atoms with Crippen molar-refractivity contribution < 1.29 is 0 Å². The highest BCUT2D eigenvalue weighted by Crippen LogP contribution is 2.23. The van der Waals surface area contributed by atoms with Crippen LogP contribution in [0.1, 0.15) is 38.5 Å². The average molecular weight is 188 g/mol. The molecule has 2 aliphatic carbocycles. The van der Waals surface area contributed by atoms with Crippen LogP contribution >= 0.6 is 0 Å². The van der Waals surface area contributed by atoms with Crippen molar-refractivity contribution in [2.45, 2.75) is 38.5 Å². The topological polar surface area (TPSA) is 0 Å². The Kier molecular flexibility index (Phi) is 3.62. The van der Waals surface area contributed by atoms with Crippen LogP contribution in [-0.2, 0) is 0 Å². The Hall–Kier alpha value is -0.780. The van der Waals surface area contributed by atoms with Crippen molar-refractivity contribution in [1.82, 2.24) is 0 Å². The van der Waals surface area contributed by atoms with E-state index >= 15 is 0 Å². The van der Waals surface area contributed by atoms with Gasteiger partial charge in [-0.05, 0) is 50.4 Å². The van der Waals surface area contributed by atoms with Crippen LogP contribution in [-0.4, -0.2) is 0 Å². The third-order valence-corrected chi connectivity index (χ3v) is 3.27. The molecular formula is C14H20. The molecule has 0 radical (unpaired) electrons. The summed E-state index contributed by atoms with van der Waals surface area (Å²) >= 11 is 0. The van der Waals surface area contributed by atoms with Gasteiger partial charge in [0.15, 0.2) is 0 Å². The molecule has 0 aromatic rings. The van der Waals surface area contributed by atoms with Gasteiger partial charge in [-0.15, -0.1) is 0 Å². The molecule has 0 nitrogen and oxygen atoms in total. The Morgan fingerprint density at radius 3 is 1.57 bits per heavy atom. The zero-order chi connectivity index (χ0) is 9.64. The summed E-state index contributed by atoms with van der Waals surface area (Å²) in [6.07, 6.45) is 22.0. The number of hydrogen-bond donors (Lipinski definition) is 0. The Labute approximate surface area is 87.4 Å². The molecule has 2 rings (SSSR count). The molecule has 0 saturated heterocycles. The highest BCUT2D eigenvalue weighted by Gasteiger charge is 2.08. The second-order valence-electron chi connectivity index (χ2n) is 4.47. The van der Waals surface area contributed by atoms with Gasteiger partial charge in [0, 0.05) is 0 Å². The lowest BCUT2D eigenvalue weighted by atomic mass is 9.89. The van der Waals surface area contributed by atoms with Gasteiger partial charge in [0.05, 0.1) is 0 Å². The van der Waals surface area contributed by atoms with E-state index in [2.05, 4.69) is 36.5 Å². The van der Waals surface area contributed by atoms with Gasteiger partial charge < -0.3 is 0 Å². The van der Waals surface area contributed by atoms with E-state index < -0.39 is 0 Å². The lowest BCUT2D eigenvalue weighted by molar-refractivity contribution is 0.553. The van der Waals surface area contributed by atoms with Gasteiger partial charge in [0.25, 0.3) is 0 Å². The summed E-state index contributed by atoms with van der Waals surface area (Å²) in [5.74, 6) is 1.65. The van der Waals surface area contributed by atoms with E-state index in [1.807, 2.05) is 0 Å². The molecule has 0 fully saturated rings. The first-order valence-corrected chi connectivity index (χ1v) is 5.93. The largest absolute Gasteiger partial charge is 0.0885 e. The second-order valence-corrected chi connectivity index (χ2v) is 4.47. The van der Waals surface area contributed by atoms with Crippen molar-refractivity contribution in [2.24, 2.45) is 11.8 Å².